The van der Waals surface area contributed by atoms with E-state index < -0.39 is 6.04 Å². The van der Waals surface area contributed by atoms with Crippen molar-refractivity contribution in [3.63, 3.8) is 0 Å². The van der Waals surface area contributed by atoms with E-state index in [9.17, 15) is 9.59 Å². The van der Waals surface area contributed by atoms with Crippen LogP contribution in [-0.4, -0.2) is 50.1 Å². The van der Waals surface area contributed by atoms with Gasteiger partial charge in [-0.3, -0.25) is 9.59 Å². The Morgan fingerprint density at radius 1 is 1.14 bits per heavy atom. The molecule has 1 unspecified atom stereocenters. The molecule has 0 saturated heterocycles. The van der Waals surface area contributed by atoms with Gasteiger partial charge in [-0.2, -0.15) is 11.8 Å². The van der Waals surface area contributed by atoms with Crippen LogP contribution in [-0.2, 0) is 9.59 Å². The monoisotopic (exact) mass is 415 g/mol. The molecule has 1 atom stereocenters. The van der Waals surface area contributed by atoms with Crippen molar-refractivity contribution in [2.45, 2.75) is 19.4 Å². The van der Waals surface area contributed by atoms with Gasteiger partial charge in [-0.1, -0.05) is 24.3 Å². The number of nitrogens with one attached hydrogen (secondary N) is 2. The topological polar surface area (TPSA) is 70.7 Å². The molecule has 0 aromatic heterocycles. The first-order valence-electron chi connectivity index (χ1n) is 9.61. The summed E-state index contributed by atoms with van der Waals surface area (Å²) in [5, 5.41) is 5.71. The van der Waals surface area contributed by atoms with Crippen molar-refractivity contribution in [3.05, 3.63) is 54.6 Å². The maximum atomic E-state index is 12.8. The van der Waals surface area contributed by atoms with Gasteiger partial charge in [0, 0.05) is 25.0 Å². The number of carbonyl (C=O) groups excluding carboxylic acids is 2. The molecule has 0 aliphatic heterocycles. The number of anilines is 2. The number of ether oxygens (including phenoxy) is 1. The molecular weight excluding hydrogens is 386 g/mol. The second-order valence-corrected chi connectivity index (χ2v) is 7.54. The van der Waals surface area contributed by atoms with E-state index in [1.807, 2.05) is 55.8 Å². The molecule has 2 aromatic carbocycles. The molecule has 7 heteroatoms. The van der Waals surface area contributed by atoms with Crippen molar-refractivity contribution in [1.82, 2.24) is 5.32 Å². The number of amides is 2. The highest BCUT2D eigenvalue weighted by Crippen LogP contribution is 2.18. The lowest BCUT2D eigenvalue weighted by molar-refractivity contribution is -0.127. The van der Waals surface area contributed by atoms with Crippen LogP contribution < -0.4 is 20.3 Å². The molecule has 2 amide bonds. The van der Waals surface area contributed by atoms with Crippen molar-refractivity contribution >= 4 is 35.0 Å². The molecule has 0 aliphatic rings. The number of para-hydroxylation sites is 1. The lowest BCUT2D eigenvalue weighted by atomic mass is 10.2. The molecule has 0 aliphatic carbocycles. The summed E-state index contributed by atoms with van der Waals surface area (Å²) in [6, 6.07) is 16.2. The summed E-state index contributed by atoms with van der Waals surface area (Å²) < 4.78 is 5.47. The quantitative estimate of drug-likeness (QED) is 0.589. The summed E-state index contributed by atoms with van der Waals surface area (Å²) in [4.78, 5) is 27.2. The fourth-order valence-electron chi connectivity index (χ4n) is 2.64. The molecule has 0 heterocycles. The summed E-state index contributed by atoms with van der Waals surface area (Å²) in [6.07, 6.45) is 2.51. The maximum Gasteiger partial charge on any atom is 0.258 e. The second-order valence-electron chi connectivity index (χ2n) is 6.56. The van der Waals surface area contributed by atoms with E-state index in [1.165, 1.54) is 0 Å². The van der Waals surface area contributed by atoms with E-state index in [4.69, 9.17) is 4.74 Å². The number of nitrogens with zero attached hydrogens (tertiary/aromatic N) is 1. The molecular formula is C22H29N3O3S. The predicted molar refractivity (Wildman–Crippen MR) is 121 cm³/mol. The molecule has 156 valence electrons. The number of rotatable bonds is 11. The molecule has 0 radical (unpaired) electrons. The van der Waals surface area contributed by atoms with E-state index in [0.29, 0.717) is 17.9 Å². The zero-order chi connectivity index (χ0) is 21.1. The summed E-state index contributed by atoms with van der Waals surface area (Å²) in [7, 11) is 2.00. The number of benzene rings is 2. The van der Waals surface area contributed by atoms with Gasteiger partial charge < -0.3 is 20.3 Å². The van der Waals surface area contributed by atoms with Crippen molar-refractivity contribution < 1.29 is 14.3 Å². The molecule has 6 nitrogen and oxygen atoms in total. The van der Waals surface area contributed by atoms with E-state index in [-0.39, 0.29) is 18.4 Å². The molecule has 0 bridgehead atoms. The Morgan fingerprint density at radius 3 is 2.59 bits per heavy atom. The fraction of sp³-hybridized carbons (Fsp3) is 0.364. The van der Waals surface area contributed by atoms with Crippen molar-refractivity contribution in [3.8, 4) is 5.75 Å². The van der Waals surface area contributed by atoms with Gasteiger partial charge >= 0.3 is 0 Å². The first-order chi connectivity index (χ1) is 14.0. The molecule has 0 saturated carbocycles. The molecule has 29 heavy (non-hydrogen) atoms. The minimum Gasteiger partial charge on any atom is -0.484 e. The Kier molecular flexibility index (Phi) is 9.37. The van der Waals surface area contributed by atoms with Gasteiger partial charge in [0.15, 0.2) is 6.61 Å². The Bertz CT molecular complexity index is 786. The van der Waals surface area contributed by atoms with Gasteiger partial charge in [-0.15, -0.1) is 0 Å². The van der Waals surface area contributed by atoms with E-state index >= 15 is 0 Å². The van der Waals surface area contributed by atoms with Crippen LogP contribution in [0, 0.1) is 0 Å². The summed E-state index contributed by atoms with van der Waals surface area (Å²) in [5.41, 5.74) is 1.72. The van der Waals surface area contributed by atoms with E-state index in [2.05, 4.69) is 22.5 Å². The molecule has 0 fully saturated rings. The highest BCUT2D eigenvalue weighted by Gasteiger charge is 2.21. The van der Waals surface area contributed by atoms with Gasteiger partial charge in [-0.05, 0) is 55.7 Å². The van der Waals surface area contributed by atoms with Gasteiger partial charge in [0.1, 0.15) is 11.8 Å². The van der Waals surface area contributed by atoms with Crippen LogP contribution in [0.5, 0.6) is 5.75 Å². The third-order valence-corrected chi connectivity index (χ3v) is 5.05. The highest BCUT2D eigenvalue weighted by atomic mass is 32.2. The van der Waals surface area contributed by atoms with Gasteiger partial charge in [-0.25, -0.2) is 0 Å². The van der Waals surface area contributed by atoms with Gasteiger partial charge in [0.05, 0.1) is 0 Å². The minimum absolute atomic E-state index is 0.135. The van der Waals surface area contributed by atoms with E-state index in [1.54, 1.807) is 23.9 Å². The molecule has 2 N–H and O–H groups in total. The molecule has 2 rings (SSSR count). The van der Waals surface area contributed by atoms with Crippen LogP contribution in [0.2, 0.25) is 0 Å². The van der Waals surface area contributed by atoms with Crippen LogP contribution in [0.15, 0.2) is 54.6 Å². The normalized spacial score (nSPS) is 11.4. The SMILES string of the molecule is CCN(C)c1cccc(NC(=O)C(CCSC)NC(=O)COc2ccccc2)c1. The Balaban J connectivity index is 1.97. The number of hydrogen-bond donors (Lipinski definition) is 2. The molecule has 0 spiro atoms. The third-order valence-electron chi connectivity index (χ3n) is 4.40. The lowest BCUT2D eigenvalue weighted by Gasteiger charge is -2.20. The average Bonchev–Trinajstić information content (AvgIpc) is 2.75. The predicted octanol–water partition coefficient (Wildman–Crippen LogP) is 3.40. The first-order valence-corrected chi connectivity index (χ1v) is 11.0. The Morgan fingerprint density at radius 2 is 1.90 bits per heavy atom. The third kappa shape index (κ3) is 7.69. The summed E-state index contributed by atoms with van der Waals surface area (Å²) in [6.45, 7) is 2.80. The summed E-state index contributed by atoms with van der Waals surface area (Å²) >= 11 is 1.63. The van der Waals surface area contributed by atoms with Crippen LogP contribution in [0.1, 0.15) is 13.3 Å². The van der Waals surface area contributed by atoms with Crippen molar-refractivity contribution in [2.24, 2.45) is 0 Å². The first kappa shape index (κ1) is 22.6. The van der Waals surface area contributed by atoms with Crippen molar-refractivity contribution in [1.29, 1.82) is 0 Å². The highest BCUT2D eigenvalue weighted by molar-refractivity contribution is 7.98. The fourth-order valence-corrected chi connectivity index (χ4v) is 3.11. The number of thioether (sulfide) groups is 1. The minimum atomic E-state index is -0.623. The van der Waals surface area contributed by atoms with Crippen molar-refractivity contribution in [2.75, 3.05) is 42.4 Å². The van der Waals surface area contributed by atoms with Crippen LogP contribution in [0.25, 0.3) is 0 Å². The Labute approximate surface area is 177 Å². The second kappa shape index (κ2) is 12.0. The zero-order valence-electron chi connectivity index (χ0n) is 17.2. The molecule has 2 aromatic rings. The largest absolute Gasteiger partial charge is 0.484 e. The standard InChI is InChI=1S/C22H29N3O3S/c1-4-25(2)18-10-8-9-17(15-18)23-22(27)20(13-14-29-3)24-21(26)16-28-19-11-6-5-7-12-19/h5-12,15,20H,4,13-14,16H2,1-3H3,(H,23,27)(H,24,26). The van der Waals surface area contributed by atoms with Gasteiger partial charge in [0.2, 0.25) is 5.91 Å². The van der Waals surface area contributed by atoms with Gasteiger partial charge in [0.25, 0.3) is 5.91 Å². The van der Waals surface area contributed by atoms with Crippen LogP contribution in [0.3, 0.4) is 0 Å². The van der Waals surface area contributed by atoms with Crippen LogP contribution >= 0.6 is 11.8 Å². The maximum absolute atomic E-state index is 12.8. The summed E-state index contributed by atoms with van der Waals surface area (Å²) in [5.74, 6) is 0.818. The Hall–Kier alpha value is -2.67. The smallest absolute Gasteiger partial charge is 0.258 e. The van der Waals surface area contributed by atoms with Crippen LogP contribution in [0.4, 0.5) is 11.4 Å². The number of carbonyl (C=O) groups is 2. The zero-order valence-corrected chi connectivity index (χ0v) is 18.0. The number of hydrogen-bond acceptors (Lipinski definition) is 5. The van der Waals surface area contributed by atoms with E-state index in [0.717, 1.165) is 18.0 Å². The average molecular weight is 416 g/mol. The lowest BCUT2D eigenvalue weighted by Crippen LogP contribution is -2.45.